The Balaban J connectivity index is 2.22. The lowest BCUT2D eigenvalue weighted by molar-refractivity contribution is 0.0774. The van der Waals surface area contributed by atoms with E-state index in [-0.39, 0.29) is 11.8 Å². The van der Waals surface area contributed by atoms with Crippen LogP contribution in [0.2, 0.25) is 0 Å². The maximum atomic E-state index is 11.7. The van der Waals surface area contributed by atoms with E-state index in [1.807, 2.05) is 7.05 Å². The molecule has 1 fully saturated rings. The van der Waals surface area contributed by atoms with Crippen molar-refractivity contribution in [1.29, 1.82) is 0 Å². The van der Waals surface area contributed by atoms with Gasteiger partial charge < -0.3 is 10.1 Å². The van der Waals surface area contributed by atoms with Crippen LogP contribution in [0.25, 0.3) is 0 Å². The molecule has 6 heteroatoms. The van der Waals surface area contributed by atoms with Crippen LogP contribution < -0.4 is 10.0 Å². The highest BCUT2D eigenvalue weighted by molar-refractivity contribution is 7.89. The number of ether oxygens (including phenoxy) is 1. The van der Waals surface area contributed by atoms with Crippen molar-refractivity contribution in [2.24, 2.45) is 0 Å². The van der Waals surface area contributed by atoms with E-state index in [2.05, 4.69) is 10.0 Å². The maximum Gasteiger partial charge on any atom is 0.211 e. The second-order valence-electron chi connectivity index (χ2n) is 4.16. The highest BCUT2D eigenvalue weighted by Crippen LogP contribution is 2.07. The van der Waals surface area contributed by atoms with Crippen molar-refractivity contribution in [2.75, 3.05) is 32.6 Å². The summed E-state index contributed by atoms with van der Waals surface area (Å²) in [5.41, 5.74) is 0. The van der Waals surface area contributed by atoms with Gasteiger partial charge in [-0.25, -0.2) is 13.1 Å². The fourth-order valence-electron chi connectivity index (χ4n) is 1.74. The van der Waals surface area contributed by atoms with Crippen LogP contribution in [0.3, 0.4) is 0 Å². The summed E-state index contributed by atoms with van der Waals surface area (Å²) in [5, 5.41) is 3.00. The lowest BCUT2D eigenvalue weighted by Crippen LogP contribution is -2.41. The zero-order valence-corrected chi connectivity index (χ0v) is 10.7. The zero-order valence-electron chi connectivity index (χ0n) is 9.87. The van der Waals surface area contributed by atoms with Crippen molar-refractivity contribution in [2.45, 2.75) is 31.7 Å². The van der Waals surface area contributed by atoms with Gasteiger partial charge in [-0.1, -0.05) is 0 Å². The fourth-order valence-corrected chi connectivity index (χ4v) is 3.14. The summed E-state index contributed by atoms with van der Waals surface area (Å²) in [5.74, 6) is 0.213. The van der Waals surface area contributed by atoms with E-state index >= 15 is 0 Å². The fraction of sp³-hybridized carbons (Fsp3) is 1.00. The highest BCUT2D eigenvalue weighted by atomic mass is 32.2. The Labute approximate surface area is 98.0 Å². The maximum absolute atomic E-state index is 11.7. The van der Waals surface area contributed by atoms with Gasteiger partial charge in [0.25, 0.3) is 0 Å². The zero-order chi connectivity index (χ0) is 11.9. The van der Waals surface area contributed by atoms with Crippen molar-refractivity contribution < 1.29 is 13.2 Å². The van der Waals surface area contributed by atoms with Crippen LogP contribution in [0.1, 0.15) is 25.7 Å². The van der Waals surface area contributed by atoms with E-state index in [0.717, 1.165) is 32.4 Å². The normalized spacial score (nSPS) is 22.2. The van der Waals surface area contributed by atoms with Crippen LogP contribution >= 0.6 is 0 Å². The third-order valence-electron chi connectivity index (χ3n) is 2.60. The Morgan fingerprint density at radius 2 is 2.19 bits per heavy atom. The number of rotatable bonds is 7. The molecule has 1 saturated heterocycles. The molecule has 0 aliphatic carbocycles. The molecule has 96 valence electrons. The summed E-state index contributed by atoms with van der Waals surface area (Å²) in [6.07, 6.45) is 3.41. The molecule has 5 nitrogen and oxygen atoms in total. The first-order chi connectivity index (χ1) is 7.64. The van der Waals surface area contributed by atoms with Gasteiger partial charge in [0.05, 0.1) is 12.4 Å². The van der Waals surface area contributed by atoms with Gasteiger partial charge in [-0.05, 0) is 39.3 Å². The van der Waals surface area contributed by atoms with Gasteiger partial charge in [-0.2, -0.15) is 0 Å². The Bertz CT molecular complexity index is 274. The Hall–Kier alpha value is -0.170. The van der Waals surface area contributed by atoms with Crippen LogP contribution in [-0.4, -0.2) is 47.0 Å². The third-order valence-corrected chi connectivity index (χ3v) is 4.11. The summed E-state index contributed by atoms with van der Waals surface area (Å²) >= 11 is 0. The predicted octanol–water partition coefficient (Wildman–Crippen LogP) is 0.0844. The third kappa shape index (κ3) is 5.79. The van der Waals surface area contributed by atoms with E-state index in [1.165, 1.54) is 0 Å². The standard InChI is InChI=1S/C10H22N2O3S/c1-11-6-2-3-8-16(13,14)12-10-5-4-7-15-9-10/h10-12H,2-9H2,1H3. The molecule has 0 spiro atoms. The minimum atomic E-state index is -3.12. The molecule has 0 saturated carbocycles. The Morgan fingerprint density at radius 1 is 1.38 bits per heavy atom. The number of hydrogen-bond acceptors (Lipinski definition) is 4. The van der Waals surface area contributed by atoms with E-state index < -0.39 is 10.0 Å². The Morgan fingerprint density at radius 3 is 2.81 bits per heavy atom. The highest BCUT2D eigenvalue weighted by Gasteiger charge is 2.19. The monoisotopic (exact) mass is 250 g/mol. The van der Waals surface area contributed by atoms with Crippen molar-refractivity contribution in [1.82, 2.24) is 10.0 Å². The average molecular weight is 250 g/mol. The first-order valence-corrected chi connectivity index (χ1v) is 7.51. The minimum absolute atomic E-state index is 0.0250. The lowest BCUT2D eigenvalue weighted by atomic mass is 10.1. The molecule has 0 aromatic heterocycles. The van der Waals surface area contributed by atoms with Gasteiger partial charge >= 0.3 is 0 Å². The first-order valence-electron chi connectivity index (χ1n) is 5.86. The van der Waals surface area contributed by atoms with Crippen LogP contribution in [0, 0.1) is 0 Å². The summed E-state index contributed by atoms with van der Waals surface area (Å²) in [4.78, 5) is 0. The first kappa shape index (κ1) is 13.9. The quantitative estimate of drug-likeness (QED) is 0.628. The van der Waals surface area contributed by atoms with Gasteiger partial charge in [0.1, 0.15) is 0 Å². The largest absolute Gasteiger partial charge is 0.380 e. The molecular formula is C10H22N2O3S. The van der Waals surface area contributed by atoms with E-state index in [0.29, 0.717) is 13.0 Å². The van der Waals surface area contributed by atoms with Gasteiger partial charge in [0, 0.05) is 12.6 Å². The Kier molecular flexibility index (Phi) is 6.26. The minimum Gasteiger partial charge on any atom is -0.380 e. The summed E-state index contributed by atoms with van der Waals surface area (Å²) in [6, 6.07) is -0.0250. The lowest BCUT2D eigenvalue weighted by Gasteiger charge is -2.22. The number of hydrogen-bond donors (Lipinski definition) is 2. The van der Waals surface area contributed by atoms with E-state index in [4.69, 9.17) is 4.74 Å². The average Bonchev–Trinajstić information content (AvgIpc) is 2.25. The molecule has 0 aromatic carbocycles. The summed E-state index contributed by atoms with van der Waals surface area (Å²) in [7, 11) is -1.25. The molecule has 1 heterocycles. The molecule has 16 heavy (non-hydrogen) atoms. The molecule has 0 aromatic rings. The molecule has 0 bridgehead atoms. The molecule has 1 rings (SSSR count). The predicted molar refractivity (Wildman–Crippen MR) is 63.9 cm³/mol. The molecule has 0 amide bonds. The van der Waals surface area contributed by atoms with Crippen molar-refractivity contribution in [3.8, 4) is 0 Å². The van der Waals surface area contributed by atoms with Crippen LogP contribution in [-0.2, 0) is 14.8 Å². The van der Waals surface area contributed by atoms with E-state index in [9.17, 15) is 8.42 Å². The molecule has 1 unspecified atom stereocenters. The van der Waals surface area contributed by atoms with Gasteiger partial charge in [0.2, 0.25) is 10.0 Å². The molecule has 1 aliphatic heterocycles. The number of nitrogens with one attached hydrogen (secondary N) is 2. The van der Waals surface area contributed by atoms with Crippen molar-refractivity contribution in [3.63, 3.8) is 0 Å². The van der Waals surface area contributed by atoms with Crippen molar-refractivity contribution >= 4 is 10.0 Å². The smallest absolute Gasteiger partial charge is 0.211 e. The molecule has 1 atom stereocenters. The molecular weight excluding hydrogens is 228 g/mol. The molecule has 2 N–H and O–H groups in total. The molecule has 1 aliphatic rings. The van der Waals surface area contributed by atoms with E-state index in [1.54, 1.807) is 0 Å². The van der Waals surface area contributed by atoms with Gasteiger partial charge in [-0.3, -0.25) is 0 Å². The summed E-state index contributed by atoms with van der Waals surface area (Å²) < 4.78 is 31.3. The topological polar surface area (TPSA) is 67.4 Å². The van der Waals surface area contributed by atoms with Crippen LogP contribution in [0.5, 0.6) is 0 Å². The van der Waals surface area contributed by atoms with Gasteiger partial charge in [-0.15, -0.1) is 0 Å². The SMILES string of the molecule is CNCCCCS(=O)(=O)NC1CCCOC1. The number of unbranched alkanes of at least 4 members (excludes halogenated alkanes) is 1. The van der Waals surface area contributed by atoms with Crippen LogP contribution in [0.15, 0.2) is 0 Å². The number of sulfonamides is 1. The van der Waals surface area contributed by atoms with Gasteiger partial charge in [0.15, 0.2) is 0 Å². The second kappa shape index (κ2) is 7.21. The molecule has 0 radical (unpaired) electrons. The van der Waals surface area contributed by atoms with Crippen molar-refractivity contribution in [3.05, 3.63) is 0 Å². The second-order valence-corrected chi connectivity index (χ2v) is 6.03. The summed E-state index contributed by atoms with van der Waals surface area (Å²) in [6.45, 7) is 2.12. The van der Waals surface area contributed by atoms with Crippen LogP contribution in [0.4, 0.5) is 0 Å².